The van der Waals surface area contributed by atoms with E-state index in [0.717, 1.165) is 61.1 Å². The molecule has 0 N–H and O–H groups in total. The third kappa shape index (κ3) is 5.82. The summed E-state index contributed by atoms with van der Waals surface area (Å²) in [6.07, 6.45) is 0. The van der Waals surface area contributed by atoms with Gasteiger partial charge in [0.1, 0.15) is 11.2 Å². The van der Waals surface area contributed by atoms with Gasteiger partial charge in [0.2, 0.25) is 0 Å². The number of furan rings is 1. The fourth-order valence-electron chi connectivity index (χ4n) is 8.68. The molecule has 11 rings (SSSR count). The Bertz CT molecular complexity index is 3210. The Morgan fingerprint density at radius 1 is 0.310 bits per heavy atom. The van der Waals surface area contributed by atoms with Gasteiger partial charge in [-0.05, 0) is 104 Å². The van der Waals surface area contributed by atoms with Crippen LogP contribution in [0.2, 0.25) is 0 Å². The summed E-state index contributed by atoms with van der Waals surface area (Å²) in [5.74, 6) is 0. The summed E-state index contributed by atoms with van der Waals surface area (Å²) >= 11 is 0. The molecule has 272 valence electrons. The number of nitrogens with zero attached hydrogens (tertiary/aromatic N) is 1. The lowest BCUT2D eigenvalue weighted by Gasteiger charge is -2.29. The maximum atomic E-state index is 6.67. The van der Waals surface area contributed by atoms with Crippen molar-refractivity contribution in [2.24, 2.45) is 0 Å². The van der Waals surface area contributed by atoms with Crippen LogP contribution in [-0.2, 0) is 0 Å². The van der Waals surface area contributed by atoms with Crippen LogP contribution in [0.4, 0.5) is 17.1 Å². The first-order valence-electron chi connectivity index (χ1n) is 19.8. The summed E-state index contributed by atoms with van der Waals surface area (Å²) in [7, 11) is 0. The Kier molecular flexibility index (Phi) is 8.19. The van der Waals surface area contributed by atoms with E-state index in [-0.39, 0.29) is 0 Å². The van der Waals surface area contributed by atoms with Crippen LogP contribution in [-0.4, -0.2) is 0 Å². The first-order valence-corrected chi connectivity index (χ1v) is 19.8. The molecule has 1 aromatic heterocycles. The molecular weight excluding hydrogens is 703 g/mol. The molecule has 2 nitrogen and oxygen atoms in total. The molecule has 0 aliphatic heterocycles. The molecular formula is C56H37NO. The lowest BCUT2D eigenvalue weighted by atomic mass is 9.93. The SMILES string of the molecule is c1ccc(-c2cc(-c3ccccc3)cc(-c3ccc(N(c4ccccc4-c4cccc5oc6c7ccccc7ccc6c45)c4cccc5ccccc45)cc3)c2)cc1. The highest BCUT2D eigenvalue weighted by Crippen LogP contribution is 2.47. The summed E-state index contributed by atoms with van der Waals surface area (Å²) < 4.78 is 6.67. The smallest absolute Gasteiger partial charge is 0.143 e. The van der Waals surface area contributed by atoms with E-state index < -0.39 is 0 Å². The van der Waals surface area contributed by atoms with E-state index in [4.69, 9.17) is 4.42 Å². The number of hydrogen-bond donors (Lipinski definition) is 0. The minimum Gasteiger partial charge on any atom is -0.455 e. The Morgan fingerprint density at radius 2 is 0.828 bits per heavy atom. The molecule has 0 atom stereocenters. The van der Waals surface area contributed by atoms with Gasteiger partial charge in [-0.1, -0.05) is 170 Å². The molecule has 58 heavy (non-hydrogen) atoms. The largest absolute Gasteiger partial charge is 0.455 e. The predicted octanol–water partition coefficient (Wildman–Crippen LogP) is 16.0. The molecule has 11 aromatic rings. The Morgan fingerprint density at radius 3 is 1.53 bits per heavy atom. The maximum absolute atomic E-state index is 6.67. The fraction of sp³-hybridized carbons (Fsp3) is 0. The average molecular weight is 740 g/mol. The summed E-state index contributed by atoms with van der Waals surface area (Å²) in [4.78, 5) is 2.42. The second kappa shape index (κ2) is 14.1. The third-order valence-corrected chi connectivity index (χ3v) is 11.4. The molecule has 0 fully saturated rings. The van der Waals surface area contributed by atoms with E-state index in [1.54, 1.807) is 0 Å². The number of hydrogen-bond acceptors (Lipinski definition) is 2. The van der Waals surface area contributed by atoms with Gasteiger partial charge in [-0.2, -0.15) is 0 Å². The molecule has 0 radical (unpaired) electrons. The second-order valence-electron chi connectivity index (χ2n) is 14.9. The van der Waals surface area contributed by atoms with E-state index in [0.29, 0.717) is 0 Å². The van der Waals surface area contributed by atoms with Gasteiger partial charge in [0.25, 0.3) is 0 Å². The van der Waals surface area contributed by atoms with Gasteiger partial charge in [0.15, 0.2) is 0 Å². The van der Waals surface area contributed by atoms with Crippen molar-refractivity contribution in [2.75, 3.05) is 4.90 Å². The first-order chi connectivity index (χ1) is 28.8. The zero-order valence-corrected chi connectivity index (χ0v) is 31.7. The lowest BCUT2D eigenvalue weighted by Crippen LogP contribution is -2.11. The van der Waals surface area contributed by atoms with E-state index in [9.17, 15) is 0 Å². The molecule has 0 aliphatic carbocycles. The van der Waals surface area contributed by atoms with Gasteiger partial charge in [-0.15, -0.1) is 0 Å². The summed E-state index contributed by atoms with van der Waals surface area (Å²) in [5.41, 5.74) is 14.5. The summed E-state index contributed by atoms with van der Waals surface area (Å²) in [5, 5.41) is 6.91. The topological polar surface area (TPSA) is 16.4 Å². The number of anilines is 3. The number of para-hydroxylation sites is 1. The highest BCUT2D eigenvalue weighted by Gasteiger charge is 2.22. The molecule has 2 heteroatoms. The van der Waals surface area contributed by atoms with Crippen molar-refractivity contribution in [1.29, 1.82) is 0 Å². The normalized spacial score (nSPS) is 11.4. The Labute approximate surface area is 337 Å². The van der Waals surface area contributed by atoms with Gasteiger partial charge in [-0.3, -0.25) is 0 Å². The maximum Gasteiger partial charge on any atom is 0.143 e. The van der Waals surface area contributed by atoms with Crippen molar-refractivity contribution < 1.29 is 4.42 Å². The van der Waals surface area contributed by atoms with Crippen LogP contribution < -0.4 is 4.90 Å². The van der Waals surface area contributed by atoms with Crippen molar-refractivity contribution >= 4 is 60.5 Å². The minimum absolute atomic E-state index is 0.882. The minimum atomic E-state index is 0.882. The second-order valence-corrected chi connectivity index (χ2v) is 14.9. The number of benzene rings is 10. The van der Waals surface area contributed by atoms with Crippen molar-refractivity contribution in [1.82, 2.24) is 0 Å². The van der Waals surface area contributed by atoms with E-state index in [1.807, 2.05) is 0 Å². The van der Waals surface area contributed by atoms with Crippen molar-refractivity contribution in [3.05, 3.63) is 224 Å². The van der Waals surface area contributed by atoms with Crippen molar-refractivity contribution in [2.45, 2.75) is 0 Å². The predicted molar refractivity (Wildman–Crippen MR) is 245 cm³/mol. The standard InChI is InChI=1S/C56H37NO/c1-3-15-38(16-4-1)43-35-44(39-17-5-2-6-18-39)37-45(36-43)40-29-32-46(33-30-40)57(52-27-13-21-41-19-7-9-22-47(41)52)53-26-12-11-24-49(53)50-25-14-28-54-55(50)51-34-31-42-20-8-10-23-48(42)56(51)58-54/h1-37H. The van der Waals surface area contributed by atoms with Gasteiger partial charge in [0, 0.05) is 32.8 Å². The molecule has 0 spiro atoms. The van der Waals surface area contributed by atoms with Gasteiger partial charge in [0.05, 0.1) is 11.4 Å². The molecule has 1 heterocycles. The molecule has 0 amide bonds. The van der Waals surface area contributed by atoms with Crippen molar-refractivity contribution in [3.8, 4) is 44.5 Å². The zero-order chi connectivity index (χ0) is 38.4. The third-order valence-electron chi connectivity index (χ3n) is 11.4. The molecule has 0 bridgehead atoms. The van der Waals surface area contributed by atoms with Gasteiger partial charge in [-0.25, -0.2) is 0 Å². The molecule has 0 saturated heterocycles. The molecule has 0 saturated carbocycles. The lowest BCUT2D eigenvalue weighted by molar-refractivity contribution is 0.673. The van der Waals surface area contributed by atoms with Crippen LogP contribution in [0.25, 0.3) is 88.0 Å². The first kappa shape index (κ1) is 33.6. The highest BCUT2D eigenvalue weighted by atomic mass is 16.3. The van der Waals surface area contributed by atoms with E-state index in [1.165, 1.54) is 44.0 Å². The van der Waals surface area contributed by atoms with Crippen LogP contribution in [0.3, 0.4) is 0 Å². The van der Waals surface area contributed by atoms with Crippen LogP contribution in [0.15, 0.2) is 229 Å². The molecule has 0 aliphatic rings. The van der Waals surface area contributed by atoms with Crippen molar-refractivity contribution in [3.63, 3.8) is 0 Å². The highest BCUT2D eigenvalue weighted by molar-refractivity contribution is 6.20. The van der Waals surface area contributed by atoms with Gasteiger partial charge < -0.3 is 9.32 Å². The quantitative estimate of drug-likeness (QED) is 0.162. The Hall–Kier alpha value is -7.68. The van der Waals surface area contributed by atoms with E-state index >= 15 is 0 Å². The zero-order valence-electron chi connectivity index (χ0n) is 31.7. The molecule has 10 aromatic carbocycles. The number of rotatable bonds is 7. The van der Waals surface area contributed by atoms with Crippen LogP contribution >= 0.6 is 0 Å². The Balaban J connectivity index is 1.10. The fourth-order valence-corrected chi connectivity index (χ4v) is 8.68. The van der Waals surface area contributed by atoms with Crippen LogP contribution in [0.1, 0.15) is 0 Å². The molecule has 0 unspecified atom stereocenters. The van der Waals surface area contributed by atoms with Gasteiger partial charge >= 0.3 is 0 Å². The number of fused-ring (bicyclic) bond motifs is 6. The average Bonchev–Trinajstić information content (AvgIpc) is 3.70. The van der Waals surface area contributed by atoms with Crippen LogP contribution in [0.5, 0.6) is 0 Å². The van der Waals surface area contributed by atoms with E-state index in [2.05, 4.69) is 229 Å². The monoisotopic (exact) mass is 739 g/mol. The van der Waals surface area contributed by atoms with Crippen LogP contribution in [0, 0.1) is 0 Å². The summed E-state index contributed by atoms with van der Waals surface area (Å²) in [6.45, 7) is 0. The summed E-state index contributed by atoms with van der Waals surface area (Å²) in [6, 6.07) is 80.7.